The number of hydrogen-bond donors (Lipinski definition) is 1. The summed E-state index contributed by atoms with van der Waals surface area (Å²) in [6.45, 7) is 5.49. The molecule has 140 valence electrons. The molecule has 1 aliphatic heterocycles. The van der Waals surface area contributed by atoms with Gasteiger partial charge in [-0.05, 0) is 43.8 Å². The van der Waals surface area contributed by atoms with Crippen LogP contribution in [0.15, 0.2) is 35.2 Å². The molecule has 0 bridgehead atoms. The highest BCUT2D eigenvalue weighted by atomic mass is 32.2. The number of anilines is 2. The molecule has 0 aliphatic carbocycles. The lowest BCUT2D eigenvalue weighted by atomic mass is 10.2. The molecule has 0 saturated carbocycles. The van der Waals surface area contributed by atoms with E-state index in [0.29, 0.717) is 0 Å². The lowest BCUT2D eigenvalue weighted by Gasteiger charge is -2.32. The summed E-state index contributed by atoms with van der Waals surface area (Å²) in [5.74, 6) is 1.20. The second kappa shape index (κ2) is 7.46. The van der Waals surface area contributed by atoms with E-state index in [1.165, 1.54) is 7.11 Å². The van der Waals surface area contributed by atoms with Crippen molar-refractivity contribution in [3.63, 3.8) is 0 Å². The first-order chi connectivity index (χ1) is 12.4. The van der Waals surface area contributed by atoms with Crippen molar-refractivity contribution in [2.75, 3.05) is 50.0 Å². The maximum absolute atomic E-state index is 12.7. The Bertz CT molecular complexity index is 862. The van der Waals surface area contributed by atoms with Crippen LogP contribution in [0.25, 0.3) is 0 Å². The normalized spacial score (nSPS) is 15.7. The second-order valence-electron chi connectivity index (χ2n) is 6.33. The molecule has 1 aliphatic rings. The average molecular weight is 377 g/mol. The van der Waals surface area contributed by atoms with Crippen molar-refractivity contribution in [1.29, 1.82) is 0 Å². The summed E-state index contributed by atoms with van der Waals surface area (Å²) < 4.78 is 33.0. The van der Waals surface area contributed by atoms with E-state index in [9.17, 15) is 8.42 Å². The minimum atomic E-state index is -3.82. The molecule has 1 aromatic heterocycles. The van der Waals surface area contributed by atoms with E-state index in [1.54, 1.807) is 30.3 Å². The van der Waals surface area contributed by atoms with Crippen molar-refractivity contribution >= 4 is 21.7 Å². The summed E-state index contributed by atoms with van der Waals surface area (Å²) in [5.41, 5.74) is 0.822. The number of aromatic nitrogens is 2. The van der Waals surface area contributed by atoms with Crippen molar-refractivity contribution < 1.29 is 13.2 Å². The van der Waals surface area contributed by atoms with Crippen LogP contribution in [-0.4, -0.2) is 63.9 Å². The Kier molecular flexibility index (Phi) is 5.28. The van der Waals surface area contributed by atoms with E-state index in [-0.39, 0.29) is 16.5 Å². The molecule has 9 heteroatoms. The number of nitrogens with zero attached hydrogens (tertiary/aromatic N) is 4. The van der Waals surface area contributed by atoms with Gasteiger partial charge in [0, 0.05) is 26.2 Å². The third-order valence-electron chi connectivity index (χ3n) is 4.33. The summed E-state index contributed by atoms with van der Waals surface area (Å²) >= 11 is 0. The summed E-state index contributed by atoms with van der Waals surface area (Å²) in [7, 11) is -0.299. The topological polar surface area (TPSA) is 87.7 Å². The van der Waals surface area contributed by atoms with Crippen LogP contribution in [0.1, 0.15) is 5.56 Å². The van der Waals surface area contributed by atoms with Gasteiger partial charge in [0.05, 0.1) is 7.11 Å². The molecule has 1 saturated heterocycles. The Hall–Kier alpha value is -2.39. The van der Waals surface area contributed by atoms with Crippen LogP contribution in [-0.2, 0) is 10.0 Å². The van der Waals surface area contributed by atoms with Gasteiger partial charge in [0.2, 0.25) is 0 Å². The van der Waals surface area contributed by atoms with E-state index < -0.39 is 10.0 Å². The van der Waals surface area contributed by atoms with Crippen LogP contribution < -0.4 is 14.4 Å². The van der Waals surface area contributed by atoms with Gasteiger partial charge in [0.15, 0.2) is 11.6 Å². The number of piperazine rings is 1. The predicted octanol–water partition coefficient (Wildman–Crippen LogP) is 1.35. The van der Waals surface area contributed by atoms with Gasteiger partial charge in [-0.1, -0.05) is 6.07 Å². The monoisotopic (exact) mass is 377 g/mol. The van der Waals surface area contributed by atoms with E-state index in [4.69, 9.17) is 4.74 Å². The molecule has 0 radical (unpaired) electrons. The number of sulfonamides is 1. The van der Waals surface area contributed by atoms with Crippen LogP contribution in [0.2, 0.25) is 0 Å². The minimum Gasteiger partial charge on any atom is -0.495 e. The standard InChI is InChI=1S/C17H23N5O3S/c1-13-4-5-14(25-3)15(12-13)26(23,24)20-16-6-7-17(19-18-16)22-10-8-21(2)9-11-22/h4-7,12H,8-11H2,1-3H3,(H,18,20). The molecule has 3 rings (SSSR count). The fourth-order valence-electron chi connectivity index (χ4n) is 2.77. The van der Waals surface area contributed by atoms with E-state index in [2.05, 4.69) is 31.8 Å². The van der Waals surface area contributed by atoms with Crippen LogP contribution in [0.5, 0.6) is 5.75 Å². The highest BCUT2D eigenvalue weighted by Gasteiger charge is 2.21. The smallest absolute Gasteiger partial charge is 0.266 e. The molecule has 1 aromatic carbocycles. The minimum absolute atomic E-state index is 0.0740. The Labute approximate surface area is 153 Å². The molecule has 0 unspecified atom stereocenters. The van der Waals surface area contributed by atoms with Gasteiger partial charge >= 0.3 is 0 Å². The van der Waals surface area contributed by atoms with Crippen molar-refractivity contribution in [1.82, 2.24) is 15.1 Å². The first-order valence-corrected chi connectivity index (χ1v) is 9.82. The van der Waals surface area contributed by atoms with Crippen LogP contribution in [0.4, 0.5) is 11.6 Å². The van der Waals surface area contributed by atoms with E-state index in [1.807, 2.05) is 6.92 Å². The predicted molar refractivity (Wildman–Crippen MR) is 100 cm³/mol. The largest absolute Gasteiger partial charge is 0.495 e. The number of aryl methyl sites for hydroxylation is 1. The molecule has 1 N–H and O–H groups in total. The van der Waals surface area contributed by atoms with Crippen molar-refractivity contribution in [2.45, 2.75) is 11.8 Å². The van der Waals surface area contributed by atoms with Crippen molar-refractivity contribution in [3.8, 4) is 5.75 Å². The van der Waals surface area contributed by atoms with E-state index >= 15 is 0 Å². The number of methoxy groups -OCH3 is 1. The maximum Gasteiger partial charge on any atom is 0.266 e. The lowest BCUT2D eigenvalue weighted by Crippen LogP contribution is -2.44. The summed E-state index contributed by atoms with van der Waals surface area (Å²) in [4.78, 5) is 4.46. The number of hydrogen-bond acceptors (Lipinski definition) is 7. The number of likely N-dealkylation sites (N-methyl/N-ethyl adjacent to an activating group) is 1. The first kappa shape index (κ1) is 18.4. The fourth-order valence-corrected chi connectivity index (χ4v) is 4.02. The highest BCUT2D eigenvalue weighted by Crippen LogP contribution is 2.26. The molecule has 2 aromatic rings. The molecule has 0 atom stereocenters. The number of benzene rings is 1. The molecular weight excluding hydrogens is 354 g/mol. The van der Waals surface area contributed by atoms with Gasteiger partial charge in [-0.15, -0.1) is 10.2 Å². The van der Waals surface area contributed by atoms with Crippen LogP contribution in [0, 0.1) is 6.92 Å². The molecule has 26 heavy (non-hydrogen) atoms. The Morgan fingerprint density at radius 3 is 2.42 bits per heavy atom. The number of ether oxygens (including phenoxy) is 1. The van der Waals surface area contributed by atoms with Crippen LogP contribution in [0.3, 0.4) is 0 Å². The zero-order valence-electron chi connectivity index (χ0n) is 15.1. The quantitative estimate of drug-likeness (QED) is 0.841. The summed E-state index contributed by atoms with van der Waals surface area (Å²) in [6, 6.07) is 8.39. The molecule has 0 amide bonds. The van der Waals surface area contributed by atoms with Crippen LogP contribution >= 0.6 is 0 Å². The zero-order valence-corrected chi connectivity index (χ0v) is 16.0. The SMILES string of the molecule is COc1ccc(C)cc1S(=O)(=O)Nc1ccc(N2CCN(C)CC2)nn1. The van der Waals surface area contributed by atoms with Gasteiger partial charge < -0.3 is 14.5 Å². The molecule has 1 fully saturated rings. The van der Waals surface area contributed by atoms with Gasteiger partial charge in [-0.3, -0.25) is 4.72 Å². The van der Waals surface area contributed by atoms with E-state index in [0.717, 1.165) is 37.6 Å². The first-order valence-electron chi connectivity index (χ1n) is 8.34. The number of rotatable bonds is 5. The maximum atomic E-state index is 12.7. The molecular formula is C17H23N5O3S. The second-order valence-corrected chi connectivity index (χ2v) is 7.98. The average Bonchev–Trinajstić information content (AvgIpc) is 2.63. The van der Waals surface area contributed by atoms with Gasteiger partial charge in [-0.2, -0.15) is 0 Å². The molecule has 8 nitrogen and oxygen atoms in total. The van der Waals surface area contributed by atoms with Gasteiger partial charge in [0.1, 0.15) is 10.6 Å². The Balaban J connectivity index is 1.77. The third-order valence-corrected chi connectivity index (χ3v) is 5.70. The van der Waals surface area contributed by atoms with Gasteiger partial charge in [-0.25, -0.2) is 8.42 Å². The summed E-state index contributed by atoms with van der Waals surface area (Å²) in [5, 5.41) is 8.19. The molecule has 2 heterocycles. The van der Waals surface area contributed by atoms with Crippen molar-refractivity contribution in [3.05, 3.63) is 35.9 Å². The Morgan fingerprint density at radius 1 is 1.08 bits per heavy atom. The lowest BCUT2D eigenvalue weighted by molar-refractivity contribution is 0.312. The highest BCUT2D eigenvalue weighted by molar-refractivity contribution is 7.92. The van der Waals surface area contributed by atoms with Crippen molar-refractivity contribution in [2.24, 2.45) is 0 Å². The fraction of sp³-hybridized carbons (Fsp3) is 0.412. The van der Waals surface area contributed by atoms with Gasteiger partial charge in [0.25, 0.3) is 10.0 Å². The zero-order chi connectivity index (χ0) is 18.7. The number of nitrogens with one attached hydrogen (secondary N) is 1. The summed E-state index contributed by atoms with van der Waals surface area (Å²) in [6.07, 6.45) is 0. The third kappa shape index (κ3) is 4.05. The Morgan fingerprint density at radius 2 is 1.81 bits per heavy atom. The molecule has 0 spiro atoms.